The van der Waals surface area contributed by atoms with E-state index in [1.807, 2.05) is 0 Å². The first-order valence-electron chi connectivity index (χ1n) is 15.1. The van der Waals surface area contributed by atoms with E-state index < -0.39 is 12.3 Å². The smallest absolute Gasteiger partial charge is 0.234 e. The minimum absolute atomic E-state index is 0.0159. The first-order valence-corrected chi connectivity index (χ1v) is 17.1. The summed E-state index contributed by atoms with van der Waals surface area (Å²) in [6.45, 7) is 0. The molecule has 8 N–H and O–H groups in total. The average molecular weight is 721 g/mol. The average Bonchev–Trinajstić information content (AvgIpc) is 3.87. The molecule has 2 aliphatic heterocycles. The third kappa shape index (κ3) is 8.95. The molecule has 0 spiro atoms. The fraction of sp³-hybridized carbons (Fsp3) is 0.152. The second-order valence-corrected chi connectivity index (χ2v) is 12.7. The Morgan fingerprint density at radius 3 is 1.57 bits per heavy atom. The Hall–Kier alpha value is -6.50. The van der Waals surface area contributed by atoms with Crippen molar-refractivity contribution < 1.29 is 18.4 Å². The number of nitrogens with zero attached hydrogens (tertiary/aromatic N) is 6. The first kappa shape index (κ1) is 34.4. The van der Waals surface area contributed by atoms with Crippen molar-refractivity contribution in [3.05, 3.63) is 107 Å². The molecule has 2 unspecified atom stereocenters. The van der Waals surface area contributed by atoms with Crippen LogP contribution in [-0.4, -0.2) is 45.6 Å². The Labute approximate surface area is 299 Å². The van der Waals surface area contributed by atoms with Gasteiger partial charge in [-0.15, -0.1) is 0 Å². The molecule has 0 saturated carbocycles. The van der Waals surface area contributed by atoms with Crippen LogP contribution >= 0.6 is 23.5 Å². The highest BCUT2D eigenvalue weighted by molar-refractivity contribution is 8.14. The van der Waals surface area contributed by atoms with Crippen molar-refractivity contribution in [3.63, 3.8) is 0 Å². The number of carbonyl (C=O) groups excluding carboxylic acids is 2. The summed E-state index contributed by atoms with van der Waals surface area (Å²) in [5.41, 5.74) is 14.6. The molecule has 0 bridgehead atoms. The quantitative estimate of drug-likeness (QED) is 0.138. The molecule has 2 amide bonds. The summed E-state index contributed by atoms with van der Waals surface area (Å²) in [6, 6.07) is 21.2. The highest BCUT2D eigenvalue weighted by Gasteiger charge is 2.22. The minimum atomic E-state index is -0.641. The molecule has 16 nitrogen and oxygen atoms in total. The fourth-order valence-electron chi connectivity index (χ4n) is 4.86. The van der Waals surface area contributed by atoms with Gasteiger partial charge in [0.25, 0.3) is 0 Å². The van der Waals surface area contributed by atoms with Gasteiger partial charge in [-0.2, -0.15) is 10.5 Å². The molecule has 256 valence electrons. The second-order valence-electron chi connectivity index (χ2n) is 10.7. The van der Waals surface area contributed by atoms with Crippen LogP contribution in [0, 0.1) is 22.7 Å². The van der Waals surface area contributed by atoms with Crippen LogP contribution in [0.15, 0.2) is 102 Å². The number of hydrogen-bond acceptors (Lipinski definition) is 16. The Morgan fingerprint density at radius 2 is 1.18 bits per heavy atom. The van der Waals surface area contributed by atoms with Gasteiger partial charge in [-0.3, -0.25) is 9.59 Å². The van der Waals surface area contributed by atoms with Crippen LogP contribution < -0.4 is 32.7 Å². The van der Waals surface area contributed by atoms with Crippen molar-refractivity contribution >= 4 is 69.0 Å². The molecule has 18 heteroatoms. The third-order valence-corrected chi connectivity index (χ3v) is 8.93. The van der Waals surface area contributed by atoms with Crippen molar-refractivity contribution in [1.29, 1.82) is 10.5 Å². The van der Waals surface area contributed by atoms with E-state index in [0.29, 0.717) is 55.5 Å². The zero-order valence-corrected chi connectivity index (χ0v) is 28.1. The molecule has 2 aliphatic rings. The van der Waals surface area contributed by atoms with Crippen LogP contribution in [0.25, 0.3) is 0 Å². The standard InChI is InChI=1S/C33H28N12O4S2/c34-14-20-12-22(38-26(46)16-50-32-42-28(40-30(36)44-32)24-3-1-9-48-24)7-5-18(20)11-19-6-8-23(13-21(19)15-35)39-27(47)17-51-33-43-29(41-31(37)45-33)25-4-2-10-49-25/h1-10,12-13,28-29H,11,16-17H2,(H,38,46)(H,39,47)(H3,36,40,42,44)(H3,37,41,43,45). The van der Waals surface area contributed by atoms with Gasteiger partial charge in [0.1, 0.15) is 0 Å². The van der Waals surface area contributed by atoms with E-state index in [2.05, 4.69) is 53.4 Å². The summed E-state index contributed by atoms with van der Waals surface area (Å²) in [4.78, 5) is 42.7. The summed E-state index contributed by atoms with van der Waals surface area (Å²) < 4.78 is 10.7. The molecule has 4 heterocycles. The number of thioether (sulfide) groups is 2. The van der Waals surface area contributed by atoms with Gasteiger partial charge in [-0.1, -0.05) is 35.7 Å². The van der Waals surface area contributed by atoms with E-state index in [0.717, 1.165) is 23.5 Å². The number of anilines is 2. The molecule has 0 fully saturated rings. The minimum Gasteiger partial charge on any atom is -0.465 e. The number of benzene rings is 2. The predicted molar refractivity (Wildman–Crippen MR) is 195 cm³/mol. The second kappa shape index (κ2) is 15.8. The van der Waals surface area contributed by atoms with E-state index in [1.54, 1.807) is 60.7 Å². The van der Waals surface area contributed by atoms with Crippen LogP contribution in [0.5, 0.6) is 0 Å². The maximum atomic E-state index is 12.7. The number of nitrogens with two attached hydrogens (primary N) is 2. The van der Waals surface area contributed by atoms with Gasteiger partial charge >= 0.3 is 0 Å². The lowest BCUT2D eigenvalue weighted by atomic mass is 9.96. The number of hydrogen-bond donors (Lipinski definition) is 6. The van der Waals surface area contributed by atoms with Crippen LogP contribution in [-0.2, 0) is 16.0 Å². The Balaban J connectivity index is 1.03. The van der Waals surface area contributed by atoms with Crippen LogP contribution in [0.4, 0.5) is 11.4 Å². The number of nitriles is 2. The van der Waals surface area contributed by atoms with Crippen molar-refractivity contribution in [2.45, 2.75) is 18.8 Å². The van der Waals surface area contributed by atoms with E-state index in [1.165, 1.54) is 12.5 Å². The maximum absolute atomic E-state index is 12.7. The first-order chi connectivity index (χ1) is 24.8. The molecule has 2 aromatic carbocycles. The topological polar surface area (TPSA) is 258 Å². The van der Waals surface area contributed by atoms with Gasteiger partial charge in [0.15, 0.2) is 33.8 Å². The van der Waals surface area contributed by atoms with Gasteiger partial charge < -0.3 is 41.6 Å². The summed E-state index contributed by atoms with van der Waals surface area (Å²) in [7, 11) is 0. The van der Waals surface area contributed by atoms with Crippen LogP contribution in [0.3, 0.4) is 0 Å². The third-order valence-electron chi connectivity index (χ3n) is 7.16. The molecule has 0 saturated heterocycles. The zero-order chi connectivity index (χ0) is 35.7. The van der Waals surface area contributed by atoms with Gasteiger partial charge in [0, 0.05) is 17.8 Å². The largest absolute Gasteiger partial charge is 0.465 e. The summed E-state index contributed by atoms with van der Waals surface area (Å²) in [6.07, 6.45) is 2.02. The molecule has 0 aliphatic carbocycles. The maximum Gasteiger partial charge on any atom is 0.234 e. The SMILES string of the molecule is N#Cc1cc(NC(=O)CSC2=NC(c3ccco3)N=C(N)N2)ccc1Cc1ccc(NC(=O)CSC2=NC(c3ccco3)N=C(N)N2)cc1C#N. The van der Waals surface area contributed by atoms with Gasteiger partial charge in [0.05, 0.1) is 47.3 Å². The van der Waals surface area contributed by atoms with E-state index in [-0.39, 0.29) is 41.7 Å². The Kier molecular flexibility index (Phi) is 10.7. The molecule has 2 atom stereocenters. The molecule has 4 aromatic rings. The van der Waals surface area contributed by atoms with E-state index in [4.69, 9.17) is 20.3 Å². The van der Waals surface area contributed by atoms with Crippen molar-refractivity contribution in [1.82, 2.24) is 10.6 Å². The Morgan fingerprint density at radius 1 is 0.725 bits per heavy atom. The monoisotopic (exact) mass is 720 g/mol. The number of rotatable bonds is 10. The van der Waals surface area contributed by atoms with E-state index >= 15 is 0 Å². The summed E-state index contributed by atoms with van der Waals surface area (Å²) >= 11 is 2.29. The van der Waals surface area contributed by atoms with Gasteiger partial charge in [0.2, 0.25) is 24.1 Å². The van der Waals surface area contributed by atoms with Gasteiger partial charge in [-0.25, -0.2) is 20.0 Å². The molecule has 2 aromatic heterocycles. The molecular weight excluding hydrogens is 693 g/mol. The molecular formula is C33H28N12O4S2. The lowest BCUT2D eigenvalue weighted by molar-refractivity contribution is -0.114. The van der Waals surface area contributed by atoms with Crippen molar-refractivity contribution in [3.8, 4) is 12.1 Å². The lowest BCUT2D eigenvalue weighted by Crippen LogP contribution is -2.39. The fourth-order valence-corrected chi connectivity index (χ4v) is 6.24. The zero-order valence-electron chi connectivity index (χ0n) is 26.5. The lowest BCUT2D eigenvalue weighted by Gasteiger charge is -2.17. The number of furan rings is 2. The highest BCUT2D eigenvalue weighted by Crippen LogP contribution is 2.26. The van der Waals surface area contributed by atoms with E-state index in [9.17, 15) is 20.1 Å². The molecule has 6 rings (SSSR count). The number of carbonyl (C=O) groups is 2. The summed E-state index contributed by atoms with van der Waals surface area (Å²) in [5, 5.41) is 31.8. The Bertz CT molecular complexity index is 2000. The molecule has 0 radical (unpaired) electrons. The van der Waals surface area contributed by atoms with Crippen LogP contribution in [0.2, 0.25) is 0 Å². The predicted octanol–water partition coefficient (Wildman–Crippen LogP) is 3.50. The van der Waals surface area contributed by atoms with Crippen molar-refractivity contribution in [2.24, 2.45) is 31.4 Å². The number of guanidine groups is 2. The molecule has 51 heavy (non-hydrogen) atoms. The summed E-state index contributed by atoms with van der Waals surface area (Å²) in [5.74, 6) is 0.744. The van der Waals surface area contributed by atoms with Crippen LogP contribution in [0.1, 0.15) is 46.1 Å². The van der Waals surface area contributed by atoms with Crippen molar-refractivity contribution in [2.75, 3.05) is 22.1 Å². The number of nitrogens with one attached hydrogen (secondary N) is 4. The number of aliphatic imine (C=N–C) groups is 4. The normalized spacial score (nSPS) is 16.5. The van der Waals surface area contributed by atoms with Gasteiger partial charge in [-0.05, 0) is 59.7 Å². The number of amides is 2. The number of amidine groups is 2. The highest BCUT2D eigenvalue weighted by atomic mass is 32.2.